The maximum absolute atomic E-state index is 2.17. The molecule has 0 aromatic carbocycles. The van der Waals surface area contributed by atoms with E-state index >= 15 is 0 Å². The molecule has 0 rings (SSSR count). The van der Waals surface area contributed by atoms with Gasteiger partial charge in [-0.25, -0.2) is 0 Å². The molecule has 0 nitrogen and oxygen atoms in total. The van der Waals surface area contributed by atoms with Crippen LogP contribution in [-0.4, -0.2) is 6.71 Å². The zero-order valence-corrected chi connectivity index (χ0v) is 7.70. The zero-order chi connectivity index (χ0) is 3.58. The average molecular weight is 96.0 g/mol. The molecule has 0 aromatic rings. The van der Waals surface area contributed by atoms with Crippen LogP contribution >= 0.6 is 0 Å². The third kappa shape index (κ3) is 27.0. The van der Waals surface area contributed by atoms with Crippen molar-refractivity contribution in [1.82, 2.24) is 0 Å². The second kappa shape index (κ2) is 5.70. The van der Waals surface area contributed by atoms with E-state index in [0.717, 1.165) is 6.71 Å². The molecule has 0 saturated heterocycles. The first-order valence-corrected chi connectivity index (χ1v) is 1.73. The molecule has 0 radical (unpaired) electrons. The van der Waals surface area contributed by atoms with Gasteiger partial charge in [0, 0.05) is 0 Å². The van der Waals surface area contributed by atoms with E-state index in [1.165, 1.54) is 0 Å². The Morgan fingerprint density at radius 3 is 1.20 bits per heavy atom. The largest absolute Gasteiger partial charge is 1.00 e. The molecule has 5 heavy (non-hydrogen) atoms. The van der Waals surface area contributed by atoms with Crippen LogP contribution < -0.4 is 51.4 Å². The first-order valence-electron chi connectivity index (χ1n) is 1.73. The van der Waals surface area contributed by atoms with Crippen LogP contribution in [0.2, 0.25) is 20.5 Å². The van der Waals surface area contributed by atoms with Crippen molar-refractivity contribution in [3.8, 4) is 0 Å². The summed E-state index contributed by atoms with van der Waals surface area (Å²) in [4.78, 5) is 0. The molecule has 0 aliphatic carbocycles. The molecular weight excluding hydrogens is 85.9 g/mol. The van der Waals surface area contributed by atoms with E-state index < -0.39 is 0 Å². The van der Waals surface area contributed by atoms with Crippen molar-refractivity contribution in [2.45, 2.75) is 20.5 Å². The topological polar surface area (TPSA) is 0 Å². The molecule has 0 heterocycles. The molecule has 0 amide bonds. The van der Waals surface area contributed by atoms with E-state index in [2.05, 4.69) is 20.5 Å². The summed E-state index contributed by atoms with van der Waals surface area (Å²) >= 11 is 0. The molecule has 0 N–H and O–H groups in total. The second-order valence-corrected chi connectivity index (χ2v) is 1.73. The van der Waals surface area contributed by atoms with Crippen molar-refractivity contribution in [1.29, 1.82) is 0 Å². The Morgan fingerprint density at radius 2 is 1.20 bits per heavy atom. The summed E-state index contributed by atoms with van der Waals surface area (Å²) in [7, 11) is 0. The Kier molecular flexibility index (Phi) is 11.2. The third-order valence-electron chi connectivity index (χ3n) is 0. The summed E-state index contributed by atoms with van der Waals surface area (Å²) < 4.78 is 0. The fourth-order valence-corrected chi connectivity index (χ4v) is 0. The van der Waals surface area contributed by atoms with Gasteiger partial charge in [-0.15, -0.1) is 0 Å². The summed E-state index contributed by atoms with van der Waals surface area (Å²) in [5.41, 5.74) is 0. The zero-order valence-electron chi connectivity index (χ0n) is 5.58. The molecule has 0 saturated carbocycles. The quantitative estimate of drug-likeness (QED) is 0.321. The van der Waals surface area contributed by atoms with Crippen molar-refractivity contribution in [3.63, 3.8) is 0 Å². The van der Waals surface area contributed by atoms with Crippen LogP contribution in [0.1, 0.15) is 1.43 Å². The van der Waals surface area contributed by atoms with Gasteiger partial charge in [0.15, 0.2) is 0 Å². The van der Waals surface area contributed by atoms with Gasteiger partial charge in [0.1, 0.15) is 6.71 Å². The minimum atomic E-state index is 0. The van der Waals surface area contributed by atoms with Gasteiger partial charge in [-0.05, 0) is 0 Å². The maximum atomic E-state index is 2.17. The summed E-state index contributed by atoms with van der Waals surface area (Å²) in [6.07, 6.45) is 0. The Hall–Kier alpha value is 1.70. The van der Waals surface area contributed by atoms with E-state index in [-0.39, 0.29) is 52.8 Å². The van der Waals surface area contributed by atoms with Crippen LogP contribution in [0, 0.1) is 0 Å². The third-order valence-corrected chi connectivity index (χ3v) is 0. The summed E-state index contributed by atoms with van der Waals surface area (Å²) in [6.45, 7) is 7.33. The van der Waals surface area contributed by atoms with E-state index in [0.29, 0.717) is 0 Å². The molecule has 0 atom stereocenters. The van der Waals surface area contributed by atoms with Crippen molar-refractivity contribution in [3.05, 3.63) is 0 Å². The fraction of sp³-hybridized carbons (Fsp3) is 1.00. The first kappa shape index (κ1) is 9.86. The van der Waals surface area contributed by atoms with E-state index in [1.54, 1.807) is 0 Å². The number of hydrogen-bond donors (Lipinski definition) is 0. The predicted octanol–water partition coefficient (Wildman–Crippen LogP) is -1.51. The van der Waals surface area contributed by atoms with Gasteiger partial charge >= 0.3 is 51.4 Å². The van der Waals surface area contributed by atoms with Crippen LogP contribution in [0.3, 0.4) is 0 Å². The molecule has 2 heteroatoms. The van der Waals surface area contributed by atoms with Gasteiger partial charge in [-0.1, -0.05) is 20.5 Å². The van der Waals surface area contributed by atoms with Crippen molar-refractivity contribution >= 4 is 6.71 Å². The SMILES string of the molecule is CB(C)C.[H-].[K+]. The summed E-state index contributed by atoms with van der Waals surface area (Å²) in [5, 5.41) is 0. The molecule has 0 aliphatic rings. The Morgan fingerprint density at radius 1 is 1.20 bits per heavy atom. The van der Waals surface area contributed by atoms with Crippen molar-refractivity contribution < 1.29 is 52.8 Å². The Balaban J connectivity index is -0.0000000450. The molecule has 0 fully saturated rings. The Labute approximate surface area is 78.7 Å². The van der Waals surface area contributed by atoms with Gasteiger partial charge in [0.25, 0.3) is 0 Å². The fourth-order valence-electron chi connectivity index (χ4n) is 0. The summed E-state index contributed by atoms with van der Waals surface area (Å²) in [6, 6.07) is 0. The molecule has 26 valence electrons. The van der Waals surface area contributed by atoms with Gasteiger partial charge in [-0.3, -0.25) is 0 Å². The summed E-state index contributed by atoms with van der Waals surface area (Å²) in [5.74, 6) is 0. The minimum absolute atomic E-state index is 0. The van der Waals surface area contributed by atoms with Crippen LogP contribution in [0.5, 0.6) is 0 Å². The normalized spacial score (nSPS) is 5.40. The molecule has 0 aliphatic heterocycles. The molecule has 0 bridgehead atoms. The maximum Gasteiger partial charge on any atom is 1.00 e. The van der Waals surface area contributed by atoms with Crippen molar-refractivity contribution in [2.24, 2.45) is 0 Å². The van der Waals surface area contributed by atoms with Crippen molar-refractivity contribution in [2.75, 3.05) is 0 Å². The van der Waals surface area contributed by atoms with E-state index in [1.807, 2.05) is 0 Å². The molecular formula is C3H10BK. The predicted molar refractivity (Wildman–Crippen MR) is 24.5 cm³/mol. The smallest absolute Gasteiger partial charge is 1.00 e. The number of rotatable bonds is 0. The van der Waals surface area contributed by atoms with Gasteiger partial charge < -0.3 is 1.43 Å². The van der Waals surface area contributed by atoms with Crippen LogP contribution in [0.25, 0.3) is 0 Å². The van der Waals surface area contributed by atoms with Crippen LogP contribution in [0.15, 0.2) is 0 Å². The minimum Gasteiger partial charge on any atom is -1.00 e. The van der Waals surface area contributed by atoms with Gasteiger partial charge in [-0.2, -0.15) is 0 Å². The van der Waals surface area contributed by atoms with E-state index in [9.17, 15) is 0 Å². The molecule has 0 aromatic heterocycles. The standard InChI is InChI=1S/C3H9B.K.H/c1-4(2)3;;/h1-3H3;;/q;+1;-1. The second-order valence-electron chi connectivity index (χ2n) is 1.73. The average Bonchev–Trinajstić information content (AvgIpc) is 0.811. The van der Waals surface area contributed by atoms with Crippen LogP contribution in [0.4, 0.5) is 0 Å². The first-order chi connectivity index (χ1) is 1.73. The molecule has 0 spiro atoms. The number of hydrogen-bond acceptors (Lipinski definition) is 0. The van der Waals surface area contributed by atoms with Crippen LogP contribution in [-0.2, 0) is 0 Å². The van der Waals surface area contributed by atoms with Gasteiger partial charge in [0.05, 0.1) is 0 Å². The Bertz CT molecular complexity index is 15.5. The molecule has 0 unspecified atom stereocenters. The van der Waals surface area contributed by atoms with Gasteiger partial charge in [0.2, 0.25) is 0 Å². The van der Waals surface area contributed by atoms with E-state index in [4.69, 9.17) is 0 Å². The monoisotopic (exact) mass is 96.1 g/mol.